The third-order valence-electron chi connectivity index (χ3n) is 7.82. The minimum Gasteiger partial charge on any atom is -0.0843 e. The third kappa shape index (κ3) is 9.71. The largest absolute Gasteiger partial charge is 0.0843 e. The first-order chi connectivity index (χ1) is 14.1. The van der Waals surface area contributed by atoms with E-state index in [2.05, 4.69) is 45.9 Å². The van der Waals surface area contributed by atoms with Crippen LogP contribution in [0.25, 0.3) is 0 Å². The second-order valence-corrected chi connectivity index (χ2v) is 10.4. The van der Waals surface area contributed by atoms with E-state index >= 15 is 0 Å². The monoisotopic (exact) mass is 398 g/mol. The molecule has 2 aliphatic rings. The van der Waals surface area contributed by atoms with Gasteiger partial charge in [0.05, 0.1) is 0 Å². The summed E-state index contributed by atoms with van der Waals surface area (Å²) in [5.41, 5.74) is 4.93. The van der Waals surface area contributed by atoms with Crippen LogP contribution in [0.3, 0.4) is 0 Å². The molecule has 0 spiro atoms. The summed E-state index contributed by atoms with van der Waals surface area (Å²) in [6.45, 7) is 9.44. The van der Waals surface area contributed by atoms with Crippen molar-refractivity contribution in [3.8, 4) is 0 Å². The SMILES string of the molecule is C/C=C(\C=C/CCC(C)C/C(C)=C(/C)CCCCCC1CCC1)C1CCCCC1. The van der Waals surface area contributed by atoms with Gasteiger partial charge in [0.25, 0.3) is 0 Å². The molecule has 0 aliphatic heterocycles. The van der Waals surface area contributed by atoms with Crippen LogP contribution < -0.4 is 0 Å². The Morgan fingerprint density at radius 3 is 2.31 bits per heavy atom. The molecule has 166 valence electrons. The molecule has 2 rings (SSSR count). The Labute approximate surface area is 183 Å². The maximum atomic E-state index is 2.45. The molecule has 0 N–H and O–H groups in total. The van der Waals surface area contributed by atoms with Crippen LogP contribution in [0.15, 0.2) is 34.9 Å². The highest BCUT2D eigenvalue weighted by Gasteiger charge is 2.16. The zero-order valence-electron chi connectivity index (χ0n) is 20.3. The lowest BCUT2D eigenvalue weighted by Gasteiger charge is -2.25. The van der Waals surface area contributed by atoms with Crippen LogP contribution in [0.2, 0.25) is 0 Å². The van der Waals surface area contributed by atoms with E-state index in [0.29, 0.717) is 0 Å². The second kappa shape index (κ2) is 14.3. The van der Waals surface area contributed by atoms with Crippen LogP contribution in [0.5, 0.6) is 0 Å². The Kier molecular flexibility index (Phi) is 12.0. The molecule has 1 atom stereocenters. The third-order valence-corrected chi connectivity index (χ3v) is 7.82. The van der Waals surface area contributed by atoms with Gasteiger partial charge in [-0.1, -0.05) is 94.1 Å². The molecule has 0 amide bonds. The number of rotatable bonds is 13. The normalized spacial score (nSPS) is 21.3. The van der Waals surface area contributed by atoms with Gasteiger partial charge in [-0.15, -0.1) is 0 Å². The van der Waals surface area contributed by atoms with E-state index in [0.717, 1.165) is 17.8 Å². The van der Waals surface area contributed by atoms with Crippen molar-refractivity contribution in [2.24, 2.45) is 17.8 Å². The summed E-state index contributed by atoms with van der Waals surface area (Å²) in [5.74, 6) is 2.73. The van der Waals surface area contributed by atoms with Crippen molar-refractivity contribution in [3.05, 3.63) is 34.9 Å². The molecule has 0 radical (unpaired) electrons. The fourth-order valence-corrected chi connectivity index (χ4v) is 5.30. The lowest BCUT2D eigenvalue weighted by atomic mass is 9.81. The Bertz CT molecular complexity index is 522. The molecular weight excluding hydrogens is 348 g/mol. The van der Waals surface area contributed by atoms with Crippen LogP contribution in [-0.4, -0.2) is 0 Å². The molecule has 0 aromatic heterocycles. The summed E-state index contributed by atoms with van der Waals surface area (Å²) in [4.78, 5) is 0. The number of unbranched alkanes of at least 4 members (excludes halogenated alkanes) is 2. The molecule has 0 bridgehead atoms. The Balaban J connectivity index is 1.59. The lowest BCUT2D eigenvalue weighted by molar-refractivity contribution is 0.286. The zero-order valence-corrected chi connectivity index (χ0v) is 20.3. The minimum atomic E-state index is 0.803. The van der Waals surface area contributed by atoms with Gasteiger partial charge in [-0.25, -0.2) is 0 Å². The molecule has 0 aromatic carbocycles. The smallest absolute Gasteiger partial charge is 0.0165 e. The first kappa shape index (κ1) is 24.5. The van der Waals surface area contributed by atoms with Crippen molar-refractivity contribution >= 4 is 0 Å². The first-order valence-corrected chi connectivity index (χ1v) is 13.1. The summed E-state index contributed by atoms with van der Waals surface area (Å²) >= 11 is 0. The molecule has 2 aliphatic carbocycles. The molecule has 0 nitrogen and oxygen atoms in total. The topological polar surface area (TPSA) is 0 Å². The highest BCUT2D eigenvalue weighted by atomic mass is 14.2. The second-order valence-electron chi connectivity index (χ2n) is 10.4. The molecule has 0 heterocycles. The van der Waals surface area contributed by atoms with E-state index < -0.39 is 0 Å². The summed E-state index contributed by atoms with van der Waals surface area (Å²) in [7, 11) is 0. The average molecular weight is 399 g/mol. The Hall–Kier alpha value is -0.780. The fraction of sp³-hybridized carbons (Fsp3) is 0.793. The summed E-state index contributed by atoms with van der Waals surface area (Å²) in [5, 5.41) is 0. The summed E-state index contributed by atoms with van der Waals surface area (Å²) in [6.07, 6.45) is 29.9. The van der Waals surface area contributed by atoms with Crippen LogP contribution >= 0.6 is 0 Å². The van der Waals surface area contributed by atoms with Crippen LogP contribution in [0.1, 0.15) is 130 Å². The Morgan fingerprint density at radius 2 is 1.66 bits per heavy atom. The van der Waals surface area contributed by atoms with Crippen molar-refractivity contribution < 1.29 is 0 Å². The van der Waals surface area contributed by atoms with Gasteiger partial charge in [0.1, 0.15) is 0 Å². The predicted octanol–water partition coefficient (Wildman–Crippen LogP) is 9.96. The van der Waals surface area contributed by atoms with E-state index in [1.165, 1.54) is 103 Å². The molecule has 0 heteroatoms. The standard InChI is InChI=1S/C29H50/c1-5-28(29-21-10-7-11-22-29)20-13-12-15-24(2)23-26(4)25(3)16-8-6-9-17-27-18-14-19-27/h5,13,20,24,27,29H,6-12,14-19,21-23H2,1-4H3/b20-13-,26-25-,28-5+. The zero-order chi connectivity index (χ0) is 20.9. The molecule has 2 fully saturated rings. The van der Waals surface area contributed by atoms with Crippen molar-refractivity contribution in [1.29, 1.82) is 0 Å². The Morgan fingerprint density at radius 1 is 0.897 bits per heavy atom. The summed E-state index contributed by atoms with van der Waals surface area (Å²) in [6, 6.07) is 0. The van der Waals surface area contributed by atoms with E-state index in [1.54, 1.807) is 16.7 Å². The van der Waals surface area contributed by atoms with Gasteiger partial charge < -0.3 is 0 Å². The van der Waals surface area contributed by atoms with Crippen LogP contribution in [0.4, 0.5) is 0 Å². The summed E-state index contributed by atoms with van der Waals surface area (Å²) < 4.78 is 0. The van der Waals surface area contributed by atoms with Crippen LogP contribution in [-0.2, 0) is 0 Å². The molecule has 0 saturated heterocycles. The highest BCUT2D eigenvalue weighted by molar-refractivity contribution is 5.21. The van der Waals surface area contributed by atoms with Gasteiger partial charge in [0.15, 0.2) is 0 Å². The predicted molar refractivity (Wildman–Crippen MR) is 131 cm³/mol. The lowest BCUT2D eigenvalue weighted by Crippen LogP contribution is -2.10. The van der Waals surface area contributed by atoms with Gasteiger partial charge in [0.2, 0.25) is 0 Å². The van der Waals surface area contributed by atoms with Crippen molar-refractivity contribution in [2.45, 2.75) is 130 Å². The number of hydrogen-bond donors (Lipinski definition) is 0. The highest BCUT2D eigenvalue weighted by Crippen LogP contribution is 2.32. The molecule has 1 unspecified atom stereocenters. The molecular formula is C29H50. The molecule has 29 heavy (non-hydrogen) atoms. The minimum absolute atomic E-state index is 0.803. The van der Waals surface area contributed by atoms with Crippen molar-refractivity contribution in [2.75, 3.05) is 0 Å². The first-order valence-electron chi connectivity index (χ1n) is 13.1. The fourth-order valence-electron chi connectivity index (χ4n) is 5.30. The maximum absolute atomic E-state index is 2.45. The van der Waals surface area contributed by atoms with E-state index in [9.17, 15) is 0 Å². The molecule has 0 aromatic rings. The van der Waals surface area contributed by atoms with Gasteiger partial charge in [0, 0.05) is 0 Å². The van der Waals surface area contributed by atoms with Gasteiger partial charge in [-0.2, -0.15) is 0 Å². The number of hydrogen-bond acceptors (Lipinski definition) is 0. The van der Waals surface area contributed by atoms with Gasteiger partial charge >= 0.3 is 0 Å². The van der Waals surface area contributed by atoms with E-state index in [-0.39, 0.29) is 0 Å². The molecule has 2 saturated carbocycles. The maximum Gasteiger partial charge on any atom is -0.0165 e. The van der Waals surface area contributed by atoms with Gasteiger partial charge in [-0.3, -0.25) is 0 Å². The average Bonchev–Trinajstić information content (AvgIpc) is 2.69. The number of allylic oxidation sites excluding steroid dienone is 6. The van der Waals surface area contributed by atoms with Gasteiger partial charge in [-0.05, 0) is 89.0 Å². The van der Waals surface area contributed by atoms with Crippen LogP contribution in [0, 0.1) is 17.8 Å². The quantitative estimate of drug-likeness (QED) is 0.164. The van der Waals surface area contributed by atoms with E-state index in [4.69, 9.17) is 0 Å². The van der Waals surface area contributed by atoms with E-state index in [1.807, 2.05) is 0 Å². The van der Waals surface area contributed by atoms with Crippen molar-refractivity contribution in [3.63, 3.8) is 0 Å². The van der Waals surface area contributed by atoms with Crippen molar-refractivity contribution in [1.82, 2.24) is 0 Å².